The zero-order valence-electron chi connectivity index (χ0n) is 15.6. The van der Waals surface area contributed by atoms with E-state index in [4.69, 9.17) is 0 Å². The molecule has 0 saturated carbocycles. The van der Waals surface area contributed by atoms with Gasteiger partial charge >= 0.3 is 0 Å². The summed E-state index contributed by atoms with van der Waals surface area (Å²) in [6.45, 7) is 1.50. The third-order valence-corrected chi connectivity index (χ3v) is 5.31. The number of rotatable bonds is 5. The Morgan fingerprint density at radius 3 is 2.55 bits per heavy atom. The van der Waals surface area contributed by atoms with Crippen LogP contribution in [0.5, 0.6) is 5.75 Å². The molecule has 29 heavy (non-hydrogen) atoms. The monoisotopic (exact) mass is 406 g/mol. The zero-order chi connectivity index (χ0) is 20.4. The lowest BCUT2D eigenvalue weighted by Crippen LogP contribution is -2.33. The molecule has 1 atom stereocenters. The van der Waals surface area contributed by atoms with Crippen molar-refractivity contribution >= 4 is 39.6 Å². The van der Waals surface area contributed by atoms with Crippen LogP contribution in [-0.4, -0.2) is 33.5 Å². The van der Waals surface area contributed by atoms with E-state index in [1.165, 1.54) is 18.3 Å². The molecular formula is C21H18N4O3S. The van der Waals surface area contributed by atoms with Crippen molar-refractivity contribution in [1.82, 2.24) is 4.98 Å². The molecule has 1 amide bonds. The molecule has 0 bridgehead atoms. The first-order chi connectivity index (χ1) is 14.0. The van der Waals surface area contributed by atoms with Gasteiger partial charge in [0.25, 0.3) is 5.91 Å². The molecule has 0 unspecified atom stereocenters. The van der Waals surface area contributed by atoms with Gasteiger partial charge in [-0.15, -0.1) is 11.3 Å². The smallest absolute Gasteiger partial charge is 0.273 e. The van der Waals surface area contributed by atoms with Gasteiger partial charge in [-0.2, -0.15) is 5.10 Å². The molecule has 1 aromatic heterocycles. The van der Waals surface area contributed by atoms with Crippen LogP contribution in [0.2, 0.25) is 0 Å². The first kappa shape index (κ1) is 18.8. The van der Waals surface area contributed by atoms with Gasteiger partial charge in [0.2, 0.25) is 0 Å². The third-order valence-electron chi connectivity index (χ3n) is 4.55. The van der Waals surface area contributed by atoms with E-state index < -0.39 is 6.04 Å². The van der Waals surface area contributed by atoms with Crippen molar-refractivity contribution in [1.29, 1.82) is 0 Å². The number of amides is 1. The molecule has 2 N–H and O–H groups in total. The number of hydrazone groups is 1. The number of thiazole rings is 1. The summed E-state index contributed by atoms with van der Waals surface area (Å²) >= 11 is 1.30. The number of carbonyl (C=O) groups excluding carboxylic acids is 2. The SMILES string of the molecule is CC(=O)[C@H]1CC(C(=O)Nc2nc(-c3ccc(O)cc3)cs2)=NN1c1ccccc1. The van der Waals surface area contributed by atoms with Gasteiger partial charge in [-0.25, -0.2) is 4.98 Å². The summed E-state index contributed by atoms with van der Waals surface area (Å²) in [4.78, 5) is 29.2. The number of nitrogens with one attached hydrogen (secondary N) is 1. The highest BCUT2D eigenvalue weighted by Crippen LogP contribution is 2.28. The summed E-state index contributed by atoms with van der Waals surface area (Å²) in [6.07, 6.45) is 0.242. The first-order valence-electron chi connectivity index (χ1n) is 9.00. The van der Waals surface area contributed by atoms with Crippen LogP contribution >= 0.6 is 11.3 Å². The van der Waals surface area contributed by atoms with Gasteiger partial charge < -0.3 is 5.11 Å². The number of ketones is 1. The molecule has 1 aliphatic rings. The number of anilines is 2. The van der Waals surface area contributed by atoms with Crippen molar-refractivity contribution < 1.29 is 14.7 Å². The molecule has 8 heteroatoms. The van der Waals surface area contributed by atoms with Crippen LogP contribution in [0, 0.1) is 0 Å². The van der Waals surface area contributed by atoms with Crippen molar-refractivity contribution in [3.05, 3.63) is 60.0 Å². The maximum absolute atomic E-state index is 12.7. The quantitative estimate of drug-likeness (QED) is 0.674. The minimum Gasteiger partial charge on any atom is -0.508 e. The van der Waals surface area contributed by atoms with Crippen LogP contribution in [-0.2, 0) is 9.59 Å². The summed E-state index contributed by atoms with van der Waals surface area (Å²) < 4.78 is 0. The number of hydrogen-bond donors (Lipinski definition) is 2. The molecule has 4 rings (SSSR count). The predicted octanol–water partition coefficient (Wildman–Crippen LogP) is 3.68. The summed E-state index contributed by atoms with van der Waals surface area (Å²) in [5.41, 5.74) is 2.59. The van der Waals surface area contributed by atoms with Gasteiger partial charge in [-0.1, -0.05) is 18.2 Å². The Kier molecular flexibility index (Phi) is 5.09. The largest absolute Gasteiger partial charge is 0.508 e. The molecule has 2 heterocycles. The molecule has 0 radical (unpaired) electrons. The van der Waals surface area contributed by atoms with E-state index in [1.54, 1.807) is 29.3 Å². The van der Waals surface area contributed by atoms with Gasteiger partial charge in [0.1, 0.15) is 17.5 Å². The number of Topliss-reactive ketones (excluding diaryl/α,β-unsaturated/α-hetero) is 1. The highest BCUT2D eigenvalue weighted by Gasteiger charge is 2.34. The Hall–Kier alpha value is -3.52. The second-order valence-corrected chi connectivity index (χ2v) is 7.45. The van der Waals surface area contributed by atoms with E-state index in [-0.39, 0.29) is 29.6 Å². The van der Waals surface area contributed by atoms with Crippen LogP contribution < -0.4 is 10.3 Å². The van der Waals surface area contributed by atoms with E-state index >= 15 is 0 Å². The lowest BCUT2D eigenvalue weighted by molar-refractivity contribution is -0.118. The summed E-state index contributed by atoms with van der Waals surface area (Å²) in [6, 6.07) is 15.5. The van der Waals surface area contributed by atoms with Crippen LogP contribution in [0.3, 0.4) is 0 Å². The molecule has 0 aliphatic carbocycles. The van der Waals surface area contributed by atoms with Crippen LogP contribution in [0.4, 0.5) is 10.8 Å². The van der Waals surface area contributed by atoms with Gasteiger partial charge in [0.05, 0.1) is 11.4 Å². The van der Waals surface area contributed by atoms with Crippen molar-refractivity contribution in [2.45, 2.75) is 19.4 Å². The standard InChI is InChI=1S/C21H18N4O3S/c1-13(26)19-11-17(24-25(19)15-5-3-2-4-6-15)20(28)23-21-22-18(12-29-21)14-7-9-16(27)10-8-14/h2-10,12,19,27H,11H2,1H3,(H,22,23,28)/t19-/m1/s1. The predicted molar refractivity (Wildman–Crippen MR) is 113 cm³/mol. The van der Waals surface area contributed by atoms with E-state index in [1.807, 2.05) is 35.7 Å². The van der Waals surface area contributed by atoms with Crippen molar-refractivity contribution in [2.24, 2.45) is 5.10 Å². The van der Waals surface area contributed by atoms with Crippen LogP contribution in [0.25, 0.3) is 11.3 Å². The van der Waals surface area contributed by atoms with E-state index in [0.29, 0.717) is 10.8 Å². The Labute approximate surface area is 171 Å². The number of hydrogen-bond acceptors (Lipinski definition) is 7. The van der Waals surface area contributed by atoms with Crippen LogP contribution in [0.1, 0.15) is 13.3 Å². The maximum atomic E-state index is 12.7. The molecule has 3 aromatic rings. The molecule has 2 aromatic carbocycles. The summed E-state index contributed by atoms with van der Waals surface area (Å²) in [7, 11) is 0. The molecule has 146 valence electrons. The lowest BCUT2D eigenvalue weighted by Gasteiger charge is -2.20. The number of nitrogens with zero attached hydrogens (tertiary/aromatic N) is 3. The highest BCUT2D eigenvalue weighted by atomic mass is 32.1. The normalized spacial score (nSPS) is 15.8. The number of aromatic nitrogens is 1. The van der Waals surface area contributed by atoms with Crippen molar-refractivity contribution in [2.75, 3.05) is 10.3 Å². The molecule has 0 fully saturated rings. The van der Waals surface area contributed by atoms with Gasteiger partial charge in [0.15, 0.2) is 10.9 Å². The molecule has 0 spiro atoms. The average molecular weight is 406 g/mol. The number of phenols is 1. The second kappa shape index (κ2) is 7.84. The van der Waals surface area contributed by atoms with Crippen molar-refractivity contribution in [3.8, 4) is 17.0 Å². The number of aromatic hydroxyl groups is 1. The lowest BCUT2D eigenvalue weighted by atomic mass is 10.1. The highest BCUT2D eigenvalue weighted by molar-refractivity contribution is 7.14. The maximum Gasteiger partial charge on any atom is 0.273 e. The first-order valence-corrected chi connectivity index (χ1v) is 9.88. The average Bonchev–Trinajstić information content (AvgIpc) is 3.37. The van der Waals surface area contributed by atoms with E-state index in [2.05, 4.69) is 15.4 Å². The number of benzene rings is 2. The van der Waals surface area contributed by atoms with Crippen LogP contribution in [0.15, 0.2) is 65.1 Å². The zero-order valence-corrected chi connectivity index (χ0v) is 16.4. The second-order valence-electron chi connectivity index (χ2n) is 6.60. The Morgan fingerprint density at radius 2 is 1.86 bits per heavy atom. The fraction of sp³-hybridized carbons (Fsp3) is 0.143. The molecule has 0 saturated heterocycles. The Balaban J connectivity index is 1.51. The Bertz CT molecular complexity index is 1080. The number of carbonyl (C=O) groups is 2. The van der Waals surface area contributed by atoms with E-state index in [0.717, 1.165) is 11.3 Å². The van der Waals surface area contributed by atoms with Gasteiger partial charge in [0, 0.05) is 17.4 Å². The number of phenolic OH excluding ortho intramolecular Hbond substituents is 1. The minimum atomic E-state index is -0.498. The van der Waals surface area contributed by atoms with Crippen molar-refractivity contribution in [3.63, 3.8) is 0 Å². The van der Waals surface area contributed by atoms with Gasteiger partial charge in [-0.3, -0.25) is 19.9 Å². The fourth-order valence-electron chi connectivity index (χ4n) is 3.05. The van der Waals surface area contributed by atoms with E-state index in [9.17, 15) is 14.7 Å². The van der Waals surface area contributed by atoms with Gasteiger partial charge in [-0.05, 0) is 43.3 Å². The third kappa shape index (κ3) is 4.02. The minimum absolute atomic E-state index is 0.0516. The molecular weight excluding hydrogens is 388 g/mol. The topological polar surface area (TPSA) is 94.9 Å². The molecule has 7 nitrogen and oxygen atoms in total. The Morgan fingerprint density at radius 1 is 1.14 bits per heavy atom. The summed E-state index contributed by atoms with van der Waals surface area (Å²) in [5.74, 6) is -0.245. The number of para-hydroxylation sites is 1. The molecule has 1 aliphatic heterocycles. The summed E-state index contributed by atoms with van der Waals surface area (Å²) in [5, 5.41) is 20.4. The fourth-order valence-corrected chi connectivity index (χ4v) is 3.76.